The molecule has 0 atom stereocenters. The second-order valence-corrected chi connectivity index (χ2v) is 6.36. The van der Waals surface area contributed by atoms with Crippen LogP contribution in [0.5, 0.6) is 0 Å². The van der Waals surface area contributed by atoms with E-state index >= 15 is 0 Å². The van der Waals surface area contributed by atoms with Gasteiger partial charge in [0.25, 0.3) is 0 Å². The molecule has 2 fully saturated rings. The van der Waals surface area contributed by atoms with Crippen molar-refractivity contribution in [3.05, 3.63) is 18.0 Å². The predicted octanol–water partition coefficient (Wildman–Crippen LogP) is 2.74. The lowest BCUT2D eigenvalue weighted by Crippen LogP contribution is -2.35. The van der Waals surface area contributed by atoms with Gasteiger partial charge in [-0.1, -0.05) is 25.7 Å². The second kappa shape index (κ2) is 6.72. The summed E-state index contributed by atoms with van der Waals surface area (Å²) in [7, 11) is 0. The summed E-state index contributed by atoms with van der Waals surface area (Å²) >= 11 is 0. The van der Waals surface area contributed by atoms with E-state index in [1.54, 1.807) is 0 Å². The van der Waals surface area contributed by atoms with Gasteiger partial charge in [-0.05, 0) is 31.7 Å². The van der Waals surface area contributed by atoms with Crippen molar-refractivity contribution in [3.63, 3.8) is 0 Å². The van der Waals surface area contributed by atoms with Crippen LogP contribution in [0.25, 0.3) is 0 Å². The number of nitrogens with zero attached hydrogens (tertiary/aromatic N) is 3. The summed E-state index contributed by atoms with van der Waals surface area (Å²) in [5.41, 5.74) is 1.16. The average Bonchev–Trinajstić information content (AvgIpc) is 3.20. The van der Waals surface area contributed by atoms with Crippen LogP contribution in [-0.4, -0.2) is 39.0 Å². The van der Waals surface area contributed by atoms with E-state index < -0.39 is 0 Å². The van der Waals surface area contributed by atoms with Crippen LogP contribution in [0, 0.1) is 0 Å². The summed E-state index contributed by atoms with van der Waals surface area (Å²) in [5, 5.41) is 14.1. The molecule has 3 rings (SSSR count). The molecule has 0 bridgehead atoms. The van der Waals surface area contributed by atoms with E-state index in [4.69, 9.17) is 5.10 Å². The molecule has 1 heterocycles. The van der Waals surface area contributed by atoms with Crippen LogP contribution in [0.2, 0.25) is 0 Å². The first kappa shape index (κ1) is 14.1. The molecule has 4 nitrogen and oxygen atoms in total. The monoisotopic (exact) mass is 277 g/mol. The van der Waals surface area contributed by atoms with E-state index in [1.807, 2.05) is 0 Å². The highest BCUT2D eigenvalue weighted by molar-refractivity contribution is 5.01. The molecule has 0 spiro atoms. The smallest absolute Gasteiger partial charge is 0.0765 e. The maximum Gasteiger partial charge on any atom is 0.0765 e. The van der Waals surface area contributed by atoms with Gasteiger partial charge in [0.1, 0.15) is 0 Å². The van der Waals surface area contributed by atoms with Crippen molar-refractivity contribution in [2.45, 2.75) is 70.0 Å². The fraction of sp³-hybridized carbons (Fsp3) is 0.812. The molecular weight excluding hydrogens is 250 g/mol. The first-order valence-corrected chi connectivity index (χ1v) is 8.26. The van der Waals surface area contributed by atoms with E-state index in [2.05, 4.69) is 21.8 Å². The van der Waals surface area contributed by atoms with E-state index in [9.17, 15) is 5.11 Å². The number of aliphatic hydroxyl groups is 1. The molecule has 2 aliphatic rings. The zero-order valence-corrected chi connectivity index (χ0v) is 12.4. The Balaban J connectivity index is 1.62. The van der Waals surface area contributed by atoms with Crippen LogP contribution in [0.1, 0.15) is 63.1 Å². The number of aromatic nitrogens is 2. The van der Waals surface area contributed by atoms with Crippen LogP contribution < -0.4 is 0 Å². The van der Waals surface area contributed by atoms with Gasteiger partial charge in [-0.2, -0.15) is 5.10 Å². The molecule has 1 aromatic rings. The highest BCUT2D eigenvalue weighted by atomic mass is 16.3. The van der Waals surface area contributed by atoms with Crippen molar-refractivity contribution in [3.8, 4) is 0 Å². The van der Waals surface area contributed by atoms with Gasteiger partial charge >= 0.3 is 0 Å². The highest BCUT2D eigenvalue weighted by Gasteiger charge is 2.23. The molecule has 4 heteroatoms. The Morgan fingerprint density at radius 2 is 1.85 bits per heavy atom. The van der Waals surface area contributed by atoms with Gasteiger partial charge in [0.05, 0.1) is 18.3 Å². The molecule has 0 aromatic carbocycles. The largest absolute Gasteiger partial charge is 0.395 e. The number of aliphatic hydroxyl groups excluding tert-OH is 1. The lowest BCUT2D eigenvalue weighted by atomic mass is 10.2. The lowest BCUT2D eigenvalue weighted by molar-refractivity contribution is 0.143. The lowest BCUT2D eigenvalue weighted by Gasteiger charge is -2.27. The third kappa shape index (κ3) is 3.23. The Morgan fingerprint density at radius 1 is 1.15 bits per heavy atom. The molecule has 2 aliphatic carbocycles. The van der Waals surface area contributed by atoms with E-state index in [0.29, 0.717) is 12.1 Å². The topological polar surface area (TPSA) is 41.3 Å². The van der Waals surface area contributed by atoms with Crippen molar-refractivity contribution in [1.82, 2.24) is 14.7 Å². The van der Waals surface area contributed by atoms with Gasteiger partial charge in [0, 0.05) is 25.3 Å². The minimum atomic E-state index is 0.250. The minimum absolute atomic E-state index is 0.250. The second-order valence-electron chi connectivity index (χ2n) is 6.36. The van der Waals surface area contributed by atoms with Gasteiger partial charge < -0.3 is 5.11 Å². The maximum absolute atomic E-state index is 9.29. The molecule has 0 saturated heterocycles. The third-order valence-electron chi connectivity index (χ3n) is 4.96. The van der Waals surface area contributed by atoms with Gasteiger partial charge in [-0.15, -0.1) is 0 Å². The SMILES string of the molecule is OCCN(Cc1ccn(C2CCCC2)n1)C1CCCC1. The minimum Gasteiger partial charge on any atom is -0.395 e. The summed E-state index contributed by atoms with van der Waals surface area (Å²) in [4.78, 5) is 2.42. The van der Waals surface area contributed by atoms with Crippen LogP contribution in [-0.2, 0) is 6.54 Å². The van der Waals surface area contributed by atoms with Gasteiger partial charge in [0.2, 0.25) is 0 Å². The third-order valence-corrected chi connectivity index (χ3v) is 4.96. The maximum atomic E-state index is 9.29. The molecule has 20 heavy (non-hydrogen) atoms. The normalized spacial score (nSPS) is 21.3. The molecule has 0 unspecified atom stereocenters. The molecule has 2 saturated carbocycles. The quantitative estimate of drug-likeness (QED) is 0.869. The Kier molecular flexibility index (Phi) is 4.73. The summed E-state index contributed by atoms with van der Waals surface area (Å²) < 4.78 is 2.17. The predicted molar refractivity (Wildman–Crippen MR) is 79.5 cm³/mol. The average molecular weight is 277 g/mol. The molecule has 0 amide bonds. The number of hydrogen-bond acceptors (Lipinski definition) is 3. The van der Waals surface area contributed by atoms with Gasteiger partial charge in [0.15, 0.2) is 0 Å². The molecule has 1 aromatic heterocycles. The van der Waals surface area contributed by atoms with Crippen molar-refractivity contribution in [2.24, 2.45) is 0 Å². The standard InChI is InChI=1S/C16H27N3O/c20-12-11-18(15-5-1-2-6-15)13-14-9-10-19(17-14)16-7-3-4-8-16/h9-10,15-16,20H,1-8,11-13H2. The van der Waals surface area contributed by atoms with E-state index in [1.165, 1.54) is 51.4 Å². The van der Waals surface area contributed by atoms with Crippen molar-refractivity contribution in [1.29, 1.82) is 0 Å². The summed E-state index contributed by atoms with van der Waals surface area (Å²) in [6.07, 6.45) is 12.6. The van der Waals surface area contributed by atoms with Gasteiger partial charge in [-0.3, -0.25) is 9.58 Å². The van der Waals surface area contributed by atoms with Crippen LogP contribution in [0.15, 0.2) is 12.3 Å². The van der Waals surface area contributed by atoms with Crippen molar-refractivity contribution >= 4 is 0 Å². The molecule has 112 valence electrons. The summed E-state index contributed by atoms with van der Waals surface area (Å²) in [6.45, 7) is 1.92. The van der Waals surface area contributed by atoms with Crippen molar-refractivity contribution < 1.29 is 5.11 Å². The molecule has 0 aliphatic heterocycles. The van der Waals surface area contributed by atoms with Crippen LogP contribution in [0.3, 0.4) is 0 Å². The summed E-state index contributed by atoms with van der Waals surface area (Å²) in [5.74, 6) is 0. The van der Waals surface area contributed by atoms with E-state index in [-0.39, 0.29) is 6.61 Å². The van der Waals surface area contributed by atoms with Crippen LogP contribution in [0.4, 0.5) is 0 Å². The first-order valence-electron chi connectivity index (χ1n) is 8.26. The first-order chi connectivity index (χ1) is 9.86. The fourth-order valence-corrected chi connectivity index (χ4v) is 3.83. The zero-order valence-electron chi connectivity index (χ0n) is 12.4. The fourth-order valence-electron chi connectivity index (χ4n) is 3.83. The number of rotatable bonds is 6. The summed E-state index contributed by atoms with van der Waals surface area (Å²) in [6, 6.07) is 3.44. The van der Waals surface area contributed by atoms with Gasteiger partial charge in [-0.25, -0.2) is 0 Å². The Hall–Kier alpha value is -0.870. The Morgan fingerprint density at radius 3 is 2.55 bits per heavy atom. The molecule has 0 radical (unpaired) electrons. The van der Waals surface area contributed by atoms with Crippen molar-refractivity contribution in [2.75, 3.05) is 13.2 Å². The molecular formula is C16H27N3O. The van der Waals surface area contributed by atoms with Crippen LogP contribution >= 0.6 is 0 Å². The van der Waals surface area contributed by atoms with E-state index in [0.717, 1.165) is 18.8 Å². The Labute approximate surface area is 121 Å². The number of hydrogen-bond donors (Lipinski definition) is 1. The Bertz CT molecular complexity index is 406. The highest BCUT2D eigenvalue weighted by Crippen LogP contribution is 2.29. The zero-order chi connectivity index (χ0) is 13.8. The molecule has 1 N–H and O–H groups in total.